The van der Waals surface area contributed by atoms with Gasteiger partial charge in [-0.3, -0.25) is 0 Å². The SMILES string of the molecule is COC(=O)C1=C(C)Nc2c([Se]c3ccccc3)c(-c3ccccc3)nn2C1c1ccccc1. The first-order valence-electron chi connectivity index (χ1n) is 10.7. The van der Waals surface area contributed by atoms with Gasteiger partial charge in [0.1, 0.15) is 0 Å². The van der Waals surface area contributed by atoms with Gasteiger partial charge in [-0.1, -0.05) is 0 Å². The van der Waals surface area contributed by atoms with Crippen LogP contribution in [0, 0.1) is 0 Å². The average Bonchev–Trinajstić information content (AvgIpc) is 3.22. The summed E-state index contributed by atoms with van der Waals surface area (Å²) in [6, 6.07) is 30.3. The number of allylic oxidation sites excluding steroid dienone is 1. The molecule has 33 heavy (non-hydrogen) atoms. The van der Waals surface area contributed by atoms with Crippen LogP contribution >= 0.6 is 0 Å². The second kappa shape index (κ2) is 9.10. The van der Waals surface area contributed by atoms with E-state index in [0.717, 1.165) is 32.8 Å². The fourth-order valence-electron chi connectivity index (χ4n) is 4.10. The number of carbonyl (C=O) groups is 1. The van der Waals surface area contributed by atoms with Gasteiger partial charge in [0.25, 0.3) is 0 Å². The molecule has 0 spiro atoms. The van der Waals surface area contributed by atoms with E-state index in [9.17, 15) is 4.79 Å². The third-order valence-corrected chi connectivity index (χ3v) is 7.93. The van der Waals surface area contributed by atoms with Crippen molar-refractivity contribution in [3.05, 3.63) is 108 Å². The molecule has 1 atom stereocenters. The molecular weight excluding hydrogens is 477 g/mol. The summed E-state index contributed by atoms with van der Waals surface area (Å²) >= 11 is 0.0112. The Morgan fingerprint density at radius 1 is 0.939 bits per heavy atom. The third-order valence-electron chi connectivity index (χ3n) is 5.63. The summed E-state index contributed by atoms with van der Waals surface area (Å²) in [5.74, 6) is 0.572. The second-order valence-electron chi connectivity index (χ2n) is 7.72. The van der Waals surface area contributed by atoms with Crippen molar-refractivity contribution in [2.24, 2.45) is 0 Å². The van der Waals surface area contributed by atoms with Crippen LogP contribution in [0.15, 0.2) is 102 Å². The van der Waals surface area contributed by atoms with Gasteiger partial charge in [0, 0.05) is 0 Å². The van der Waals surface area contributed by atoms with E-state index in [1.54, 1.807) is 0 Å². The topological polar surface area (TPSA) is 56.1 Å². The summed E-state index contributed by atoms with van der Waals surface area (Å²) in [5, 5.41) is 8.60. The molecule has 0 amide bonds. The molecule has 5 rings (SSSR count). The number of aromatic nitrogens is 2. The Balaban J connectivity index is 1.74. The second-order valence-corrected chi connectivity index (χ2v) is 9.99. The average molecular weight is 500 g/mol. The number of fused-ring (bicyclic) bond motifs is 1. The Morgan fingerprint density at radius 3 is 2.18 bits per heavy atom. The van der Waals surface area contributed by atoms with Gasteiger partial charge < -0.3 is 0 Å². The van der Waals surface area contributed by atoms with Crippen LogP contribution in [0.25, 0.3) is 11.3 Å². The van der Waals surface area contributed by atoms with Crippen LogP contribution in [0.1, 0.15) is 18.5 Å². The molecule has 0 radical (unpaired) electrons. The number of hydrogen-bond acceptors (Lipinski definition) is 4. The maximum absolute atomic E-state index is 12.9. The molecule has 4 aromatic rings. The number of ether oxygens (including phenoxy) is 1. The summed E-state index contributed by atoms with van der Waals surface area (Å²) < 4.78 is 9.54. The molecule has 0 aliphatic carbocycles. The van der Waals surface area contributed by atoms with Crippen molar-refractivity contribution in [3.63, 3.8) is 0 Å². The molecule has 3 aromatic carbocycles. The van der Waals surface area contributed by atoms with Crippen molar-refractivity contribution >= 4 is 35.7 Å². The van der Waals surface area contributed by atoms with Gasteiger partial charge in [0.05, 0.1) is 0 Å². The van der Waals surface area contributed by atoms with Gasteiger partial charge in [-0.2, -0.15) is 0 Å². The monoisotopic (exact) mass is 501 g/mol. The van der Waals surface area contributed by atoms with Crippen LogP contribution in [0.4, 0.5) is 5.82 Å². The molecule has 0 fully saturated rings. The van der Waals surface area contributed by atoms with E-state index in [2.05, 4.69) is 41.7 Å². The van der Waals surface area contributed by atoms with Crippen LogP contribution in [-0.2, 0) is 9.53 Å². The number of nitrogens with one attached hydrogen (secondary N) is 1. The van der Waals surface area contributed by atoms with Crippen molar-refractivity contribution in [1.82, 2.24) is 9.78 Å². The Labute approximate surface area is 199 Å². The fraction of sp³-hybridized carbons (Fsp3) is 0.111. The van der Waals surface area contributed by atoms with Crippen LogP contribution in [0.2, 0.25) is 0 Å². The molecular formula is C27H23N3O2Se. The van der Waals surface area contributed by atoms with Gasteiger partial charge in [-0.05, 0) is 0 Å². The van der Waals surface area contributed by atoms with Gasteiger partial charge in [0.15, 0.2) is 0 Å². The summed E-state index contributed by atoms with van der Waals surface area (Å²) in [6.07, 6.45) is 0. The number of rotatable bonds is 5. The summed E-state index contributed by atoms with van der Waals surface area (Å²) in [5.41, 5.74) is 4.32. The Hall–Kier alpha value is -3.60. The number of benzene rings is 3. The molecule has 164 valence electrons. The number of anilines is 1. The maximum atomic E-state index is 12.9. The number of nitrogens with zero attached hydrogens (tertiary/aromatic N) is 2. The zero-order valence-corrected chi connectivity index (χ0v) is 20.1. The standard InChI is InChI=1S/C27H23N3O2Se/c1-18-22(27(31)32-2)24(20-14-8-4-9-15-20)30-26(28-18)25(33-21-16-10-5-11-17-21)23(29-30)19-12-6-3-7-13-19/h3-17,24,28H,1-2H3. The number of carbonyl (C=O) groups excluding carboxylic acids is 1. The first kappa shape index (κ1) is 21.3. The van der Waals surface area contributed by atoms with Crippen molar-refractivity contribution in [1.29, 1.82) is 0 Å². The van der Waals surface area contributed by atoms with Crippen molar-refractivity contribution < 1.29 is 9.53 Å². The van der Waals surface area contributed by atoms with Gasteiger partial charge in [0.2, 0.25) is 0 Å². The van der Waals surface area contributed by atoms with E-state index >= 15 is 0 Å². The molecule has 6 heteroatoms. The predicted molar refractivity (Wildman–Crippen MR) is 132 cm³/mol. The first-order valence-corrected chi connectivity index (χ1v) is 12.4. The zero-order chi connectivity index (χ0) is 22.8. The summed E-state index contributed by atoms with van der Waals surface area (Å²) in [4.78, 5) is 12.9. The molecule has 0 bridgehead atoms. The molecule has 1 N–H and O–H groups in total. The molecule has 2 heterocycles. The van der Waals surface area contributed by atoms with Crippen LogP contribution in [-0.4, -0.2) is 37.8 Å². The normalized spacial score (nSPS) is 15.0. The van der Waals surface area contributed by atoms with Gasteiger partial charge in [-0.25, -0.2) is 0 Å². The van der Waals surface area contributed by atoms with E-state index in [-0.39, 0.29) is 27.0 Å². The molecule has 1 aliphatic rings. The zero-order valence-electron chi connectivity index (χ0n) is 18.4. The fourth-order valence-corrected chi connectivity index (χ4v) is 6.25. The van der Waals surface area contributed by atoms with E-state index in [0.29, 0.717) is 5.57 Å². The molecule has 0 saturated heterocycles. The van der Waals surface area contributed by atoms with Crippen molar-refractivity contribution in [2.45, 2.75) is 13.0 Å². The molecule has 1 aromatic heterocycles. The number of methoxy groups -OCH3 is 1. The van der Waals surface area contributed by atoms with E-state index < -0.39 is 0 Å². The number of hydrogen-bond donors (Lipinski definition) is 1. The van der Waals surface area contributed by atoms with Crippen LogP contribution in [0.3, 0.4) is 0 Å². The van der Waals surface area contributed by atoms with E-state index in [1.165, 1.54) is 11.6 Å². The minimum atomic E-state index is -0.377. The quantitative estimate of drug-likeness (QED) is 0.336. The number of esters is 1. The Kier molecular flexibility index (Phi) is 5.86. The van der Waals surface area contributed by atoms with Gasteiger partial charge >= 0.3 is 199 Å². The Bertz CT molecular complexity index is 1320. The van der Waals surface area contributed by atoms with Crippen molar-refractivity contribution in [3.8, 4) is 11.3 Å². The van der Waals surface area contributed by atoms with E-state index in [1.807, 2.05) is 66.2 Å². The molecule has 1 aliphatic heterocycles. The predicted octanol–water partition coefficient (Wildman–Crippen LogP) is 3.67. The minimum absolute atomic E-state index is 0.0112. The van der Waals surface area contributed by atoms with Crippen LogP contribution < -0.4 is 14.2 Å². The molecule has 5 nitrogen and oxygen atoms in total. The van der Waals surface area contributed by atoms with Gasteiger partial charge in [-0.15, -0.1) is 0 Å². The molecule has 1 unspecified atom stereocenters. The third kappa shape index (κ3) is 3.99. The van der Waals surface area contributed by atoms with E-state index in [4.69, 9.17) is 9.84 Å². The summed E-state index contributed by atoms with van der Waals surface area (Å²) in [6.45, 7) is 1.93. The van der Waals surface area contributed by atoms with Crippen LogP contribution in [0.5, 0.6) is 0 Å². The van der Waals surface area contributed by atoms with Crippen molar-refractivity contribution in [2.75, 3.05) is 12.4 Å². The summed E-state index contributed by atoms with van der Waals surface area (Å²) in [7, 11) is 1.42. The first-order chi connectivity index (χ1) is 16.2. The molecule has 0 saturated carbocycles. The Morgan fingerprint density at radius 2 is 1.55 bits per heavy atom.